The van der Waals surface area contributed by atoms with Gasteiger partial charge in [-0.05, 0) is 57.6 Å². The minimum absolute atomic E-state index is 0.0544. The zero-order chi connectivity index (χ0) is 18.4. The van der Waals surface area contributed by atoms with E-state index in [1.807, 2.05) is 63.5 Å². The summed E-state index contributed by atoms with van der Waals surface area (Å²) >= 11 is 0. The number of ether oxygens (including phenoxy) is 1. The third kappa shape index (κ3) is 5.33. The molecular formula is C21H28N2O2. The summed E-state index contributed by atoms with van der Waals surface area (Å²) in [6.45, 7) is 4.15. The Morgan fingerprint density at radius 1 is 1.00 bits per heavy atom. The molecule has 0 saturated heterocycles. The van der Waals surface area contributed by atoms with Gasteiger partial charge in [-0.25, -0.2) is 4.79 Å². The molecule has 0 fully saturated rings. The minimum Gasteiger partial charge on any atom is -0.410 e. The SMILES string of the molecule is CC(Cc1ccccc1)N(C)C(=O)Oc1cccc([C@H](C)N(C)C)c1. The highest BCUT2D eigenvalue weighted by atomic mass is 16.6. The fraction of sp³-hybridized carbons (Fsp3) is 0.381. The van der Waals surface area contributed by atoms with Crippen molar-refractivity contribution < 1.29 is 9.53 Å². The van der Waals surface area contributed by atoms with E-state index in [9.17, 15) is 4.79 Å². The van der Waals surface area contributed by atoms with E-state index in [1.165, 1.54) is 5.56 Å². The zero-order valence-electron chi connectivity index (χ0n) is 15.8. The van der Waals surface area contributed by atoms with E-state index in [0.717, 1.165) is 12.0 Å². The molecule has 0 saturated carbocycles. The van der Waals surface area contributed by atoms with Crippen LogP contribution in [-0.4, -0.2) is 43.1 Å². The van der Waals surface area contributed by atoms with Crippen LogP contribution >= 0.6 is 0 Å². The lowest BCUT2D eigenvalue weighted by molar-refractivity contribution is 0.148. The van der Waals surface area contributed by atoms with E-state index in [0.29, 0.717) is 5.75 Å². The number of carbonyl (C=O) groups is 1. The molecule has 1 amide bonds. The summed E-state index contributed by atoms with van der Waals surface area (Å²) in [5.74, 6) is 0.579. The summed E-state index contributed by atoms with van der Waals surface area (Å²) in [5, 5.41) is 0. The van der Waals surface area contributed by atoms with Crippen molar-refractivity contribution in [2.75, 3.05) is 21.1 Å². The molecule has 4 heteroatoms. The topological polar surface area (TPSA) is 32.8 Å². The van der Waals surface area contributed by atoms with Crippen molar-refractivity contribution in [3.8, 4) is 5.75 Å². The van der Waals surface area contributed by atoms with Crippen LogP contribution in [0.2, 0.25) is 0 Å². The maximum Gasteiger partial charge on any atom is 0.415 e. The smallest absolute Gasteiger partial charge is 0.410 e. The summed E-state index contributed by atoms with van der Waals surface area (Å²) in [7, 11) is 5.84. The largest absolute Gasteiger partial charge is 0.415 e. The van der Waals surface area contributed by atoms with E-state index < -0.39 is 0 Å². The van der Waals surface area contributed by atoms with Gasteiger partial charge in [0.2, 0.25) is 0 Å². The number of rotatable bonds is 6. The molecule has 1 unspecified atom stereocenters. The number of amides is 1. The second-order valence-corrected chi connectivity index (χ2v) is 6.73. The van der Waals surface area contributed by atoms with Crippen LogP contribution < -0.4 is 4.74 Å². The first-order chi connectivity index (χ1) is 11.9. The third-order valence-electron chi connectivity index (χ3n) is 4.64. The van der Waals surface area contributed by atoms with E-state index in [4.69, 9.17) is 4.74 Å². The second kappa shape index (κ2) is 8.67. The van der Waals surface area contributed by atoms with Crippen molar-refractivity contribution in [2.45, 2.75) is 32.4 Å². The van der Waals surface area contributed by atoms with Gasteiger partial charge in [-0.3, -0.25) is 0 Å². The lowest BCUT2D eigenvalue weighted by atomic mass is 10.1. The normalized spacial score (nSPS) is 13.4. The van der Waals surface area contributed by atoms with Crippen molar-refractivity contribution in [3.05, 3.63) is 65.7 Å². The standard InChI is InChI=1S/C21H28N2O2/c1-16(14-18-10-7-6-8-11-18)23(5)21(24)25-20-13-9-12-19(15-20)17(2)22(3)4/h6-13,15-17H,14H2,1-5H3/t16?,17-/m0/s1. The summed E-state index contributed by atoms with van der Waals surface area (Å²) in [5.41, 5.74) is 2.33. The van der Waals surface area contributed by atoms with Crippen molar-refractivity contribution in [1.82, 2.24) is 9.80 Å². The number of hydrogen-bond donors (Lipinski definition) is 0. The van der Waals surface area contributed by atoms with Crippen LogP contribution in [0.4, 0.5) is 4.79 Å². The fourth-order valence-corrected chi connectivity index (χ4v) is 2.58. The molecule has 0 radical (unpaired) electrons. The van der Waals surface area contributed by atoms with Crippen LogP contribution in [-0.2, 0) is 6.42 Å². The van der Waals surface area contributed by atoms with Gasteiger partial charge in [0.1, 0.15) is 5.75 Å². The highest BCUT2D eigenvalue weighted by molar-refractivity contribution is 5.70. The monoisotopic (exact) mass is 340 g/mol. The molecule has 2 atom stereocenters. The van der Waals surface area contributed by atoms with E-state index in [2.05, 4.69) is 24.0 Å². The molecule has 25 heavy (non-hydrogen) atoms. The molecule has 0 spiro atoms. The van der Waals surface area contributed by atoms with Gasteiger partial charge in [0.25, 0.3) is 0 Å². The van der Waals surface area contributed by atoms with Gasteiger partial charge in [-0.1, -0.05) is 42.5 Å². The van der Waals surface area contributed by atoms with Gasteiger partial charge in [-0.15, -0.1) is 0 Å². The molecule has 2 rings (SSSR count). The van der Waals surface area contributed by atoms with Gasteiger partial charge < -0.3 is 14.5 Å². The minimum atomic E-state index is -0.335. The van der Waals surface area contributed by atoms with Gasteiger partial charge in [0, 0.05) is 19.1 Å². The highest BCUT2D eigenvalue weighted by Gasteiger charge is 2.18. The molecule has 0 bridgehead atoms. The van der Waals surface area contributed by atoms with Crippen LogP contribution in [0.5, 0.6) is 5.75 Å². The Kier molecular flexibility index (Phi) is 6.59. The van der Waals surface area contributed by atoms with Crippen molar-refractivity contribution >= 4 is 6.09 Å². The van der Waals surface area contributed by atoms with Crippen LogP contribution in [0.15, 0.2) is 54.6 Å². The quantitative estimate of drug-likeness (QED) is 0.783. The number of likely N-dealkylation sites (N-methyl/N-ethyl adjacent to an activating group) is 1. The summed E-state index contributed by atoms with van der Waals surface area (Å²) in [6, 6.07) is 18.2. The lowest BCUT2D eigenvalue weighted by Gasteiger charge is -2.25. The molecule has 0 aliphatic rings. The molecule has 0 aliphatic carbocycles. The predicted octanol–water partition coefficient (Wildman–Crippen LogP) is 4.37. The van der Waals surface area contributed by atoms with Crippen molar-refractivity contribution in [1.29, 1.82) is 0 Å². The molecule has 134 valence electrons. The number of carbonyl (C=O) groups excluding carboxylic acids is 1. The fourth-order valence-electron chi connectivity index (χ4n) is 2.58. The number of benzene rings is 2. The van der Waals surface area contributed by atoms with Gasteiger partial charge in [0.15, 0.2) is 0 Å². The van der Waals surface area contributed by atoms with Crippen LogP contribution in [0.1, 0.15) is 31.0 Å². The van der Waals surface area contributed by atoms with Gasteiger partial charge in [-0.2, -0.15) is 0 Å². The predicted molar refractivity (Wildman–Crippen MR) is 102 cm³/mol. The zero-order valence-corrected chi connectivity index (χ0v) is 15.8. The number of hydrogen-bond acceptors (Lipinski definition) is 3. The molecule has 0 aromatic heterocycles. The Bertz CT molecular complexity index is 685. The second-order valence-electron chi connectivity index (χ2n) is 6.73. The van der Waals surface area contributed by atoms with Crippen LogP contribution in [0.25, 0.3) is 0 Å². The van der Waals surface area contributed by atoms with Gasteiger partial charge in [0.05, 0.1) is 0 Å². The Balaban J connectivity index is 2.00. The maximum atomic E-state index is 12.5. The van der Waals surface area contributed by atoms with E-state index in [-0.39, 0.29) is 18.2 Å². The summed E-state index contributed by atoms with van der Waals surface area (Å²) in [6.07, 6.45) is 0.461. The average Bonchev–Trinajstić information content (AvgIpc) is 2.61. The Morgan fingerprint density at radius 2 is 1.68 bits per heavy atom. The Labute approximate surface area is 151 Å². The van der Waals surface area contributed by atoms with E-state index in [1.54, 1.807) is 11.9 Å². The maximum absolute atomic E-state index is 12.5. The van der Waals surface area contributed by atoms with E-state index >= 15 is 0 Å². The molecule has 0 N–H and O–H groups in total. The highest BCUT2D eigenvalue weighted by Crippen LogP contribution is 2.22. The Hall–Kier alpha value is -2.33. The first kappa shape index (κ1) is 19.0. The van der Waals surface area contributed by atoms with Crippen molar-refractivity contribution in [2.24, 2.45) is 0 Å². The first-order valence-corrected chi connectivity index (χ1v) is 8.63. The average molecular weight is 340 g/mol. The van der Waals surface area contributed by atoms with Crippen LogP contribution in [0, 0.1) is 0 Å². The van der Waals surface area contributed by atoms with Crippen LogP contribution in [0.3, 0.4) is 0 Å². The third-order valence-corrected chi connectivity index (χ3v) is 4.64. The molecule has 4 nitrogen and oxygen atoms in total. The van der Waals surface area contributed by atoms with Crippen molar-refractivity contribution in [3.63, 3.8) is 0 Å². The van der Waals surface area contributed by atoms with Gasteiger partial charge >= 0.3 is 6.09 Å². The summed E-state index contributed by atoms with van der Waals surface area (Å²) in [4.78, 5) is 16.2. The first-order valence-electron chi connectivity index (χ1n) is 8.63. The Morgan fingerprint density at radius 3 is 2.32 bits per heavy atom. The molecule has 0 aliphatic heterocycles. The molecule has 2 aromatic rings. The molecule has 0 heterocycles. The molecular weight excluding hydrogens is 312 g/mol. The molecule has 2 aromatic carbocycles. The summed E-state index contributed by atoms with van der Waals surface area (Å²) < 4.78 is 5.57. The number of nitrogens with zero attached hydrogens (tertiary/aromatic N) is 2. The lowest BCUT2D eigenvalue weighted by Crippen LogP contribution is -2.38.